The van der Waals surface area contributed by atoms with E-state index in [0.717, 1.165) is 32.1 Å². The minimum Gasteiger partial charge on any atom is -0.391 e. The largest absolute Gasteiger partial charge is 0.391 e. The smallest absolute Gasteiger partial charge is 0.253 e. The van der Waals surface area contributed by atoms with Gasteiger partial charge >= 0.3 is 0 Å². The van der Waals surface area contributed by atoms with Gasteiger partial charge in [0.25, 0.3) is 5.91 Å². The second-order valence-electron chi connectivity index (χ2n) is 4.77. The van der Waals surface area contributed by atoms with Gasteiger partial charge in [-0.25, -0.2) is 4.98 Å². The fourth-order valence-corrected chi connectivity index (χ4v) is 2.64. The van der Waals surface area contributed by atoms with Crippen molar-refractivity contribution in [3.8, 4) is 0 Å². The van der Waals surface area contributed by atoms with Gasteiger partial charge in [0.2, 0.25) is 0 Å². The number of amides is 1. The van der Waals surface area contributed by atoms with Crippen LogP contribution < -0.4 is 5.32 Å². The van der Waals surface area contributed by atoms with Gasteiger partial charge in [-0.2, -0.15) is 0 Å². The molecule has 4 nitrogen and oxygen atoms in total. The Balaban J connectivity index is 2.09. The minimum atomic E-state index is -0.498. The van der Waals surface area contributed by atoms with Crippen LogP contribution >= 0.6 is 23.2 Å². The van der Waals surface area contributed by atoms with E-state index in [0.29, 0.717) is 0 Å². The molecule has 0 aromatic carbocycles. The third kappa shape index (κ3) is 3.81. The van der Waals surface area contributed by atoms with Crippen LogP contribution in [-0.4, -0.2) is 28.1 Å². The number of nitrogens with zero attached hydrogens (tertiary/aromatic N) is 1. The standard InChI is InChI=1S/C13H16Cl2N2O2/c14-9-7-16-12(15)6-8(9)13(19)17-10-4-2-1-3-5-11(10)18/h6-7,10-11,18H,1-5H2,(H,17,19). The predicted molar refractivity (Wildman–Crippen MR) is 74.6 cm³/mol. The van der Waals surface area contributed by atoms with E-state index >= 15 is 0 Å². The molecule has 0 spiro atoms. The first-order chi connectivity index (χ1) is 9.08. The number of carbonyl (C=O) groups is 1. The van der Waals surface area contributed by atoms with Crippen molar-refractivity contribution in [3.63, 3.8) is 0 Å². The number of aliphatic hydroxyl groups is 1. The lowest BCUT2D eigenvalue weighted by Gasteiger charge is -2.22. The van der Waals surface area contributed by atoms with Gasteiger partial charge in [-0.15, -0.1) is 0 Å². The van der Waals surface area contributed by atoms with Gasteiger partial charge in [-0.1, -0.05) is 42.5 Å². The van der Waals surface area contributed by atoms with Crippen LogP contribution in [0.3, 0.4) is 0 Å². The number of rotatable bonds is 2. The van der Waals surface area contributed by atoms with Gasteiger partial charge in [-0.3, -0.25) is 4.79 Å². The van der Waals surface area contributed by atoms with Crippen LogP contribution in [0.4, 0.5) is 0 Å². The molecule has 19 heavy (non-hydrogen) atoms. The molecule has 0 bridgehead atoms. The normalized spacial score (nSPS) is 23.7. The number of hydrogen-bond acceptors (Lipinski definition) is 3. The highest BCUT2D eigenvalue weighted by molar-refractivity contribution is 6.35. The molecule has 1 amide bonds. The van der Waals surface area contributed by atoms with E-state index in [1.54, 1.807) is 0 Å². The number of hydrogen-bond donors (Lipinski definition) is 2. The van der Waals surface area contributed by atoms with Crippen LogP contribution in [0.5, 0.6) is 0 Å². The molecule has 0 aliphatic heterocycles. The zero-order valence-corrected chi connectivity index (χ0v) is 11.9. The monoisotopic (exact) mass is 302 g/mol. The maximum Gasteiger partial charge on any atom is 0.253 e. The summed E-state index contributed by atoms with van der Waals surface area (Å²) in [5, 5.41) is 13.3. The highest BCUT2D eigenvalue weighted by Gasteiger charge is 2.24. The van der Waals surface area contributed by atoms with E-state index in [1.165, 1.54) is 12.3 Å². The third-order valence-corrected chi connectivity index (χ3v) is 3.87. The van der Waals surface area contributed by atoms with E-state index in [4.69, 9.17) is 23.2 Å². The van der Waals surface area contributed by atoms with Crippen molar-refractivity contribution in [2.75, 3.05) is 0 Å². The molecule has 1 aromatic heterocycles. The lowest BCUT2D eigenvalue weighted by molar-refractivity contribution is 0.0819. The summed E-state index contributed by atoms with van der Waals surface area (Å²) in [6.07, 6.45) is 5.44. The van der Waals surface area contributed by atoms with Crippen molar-refractivity contribution in [1.29, 1.82) is 0 Å². The van der Waals surface area contributed by atoms with Crippen molar-refractivity contribution in [2.45, 2.75) is 44.2 Å². The van der Waals surface area contributed by atoms with Crippen LogP contribution in [0.25, 0.3) is 0 Å². The average molecular weight is 303 g/mol. The topological polar surface area (TPSA) is 62.2 Å². The fourth-order valence-electron chi connectivity index (χ4n) is 2.29. The van der Waals surface area contributed by atoms with Gasteiger partial charge in [0.15, 0.2) is 0 Å². The van der Waals surface area contributed by atoms with Crippen LogP contribution in [-0.2, 0) is 0 Å². The van der Waals surface area contributed by atoms with Gasteiger partial charge < -0.3 is 10.4 Å². The Bertz CT molecular complexity index is 468. The van der Waals surface area contributed by atoms with Gasteiger partial charge in [0.05, 0.1) is 22.7 Å². The highest BCUT2D eigenvalue weighted by atomic mass is 35.5. The lowest BCUT2D eigenvalue weighted by atomic mass is 10.1. The van der Waals surface area contributed by atoms with E-state index < -0.39 is 6.10 Å². The molecule has 0 radical (unpaired) electrons. The first kappa shape index (κ1) is 14.6. The molecule has 6 heteroatoms. The molecular weight excluding hydrogens is 287 g/mol. The highest BCUT2D eigenvalue weighted by Crippen LogP contribution is 2.21. The van der Waals surface area contributed by atoms with Crippen molar-refractivity contribution >= 4 is 29.1 Å². The van der Waals surface area contributed by atoms with Gasteiger partial charge in [0, 0.05) is 6.20 Å². The first-order valence-electron chi connectivity index (χ1n) is 6.38. The summed E-state index contributed by atoms with van der Waals surface area (Å²) in [4.78, 5) is 16.0. The SMILES string of the molecule is O=C(NC1CCCCCC1O)c1cc(Cl)ncc1Cl. The summed E-state index contributed by atoms with van der Waals surface area (Å²) >= 11 is 11.7. The van der Waals surface area contributed by atoms with Crippen LogP contribution in [0.1, 0.15) is 42.5 Å². The van der Waals surface area contributed by atoms with Crippen LogP contribution in [0.15, 0.2) is 12.3 Å². The number of pyridine rings is 1. The van der Waals surface area contributed by atoms with E-state index in [-0.39, 0.29) is 27.7 Å². The van der Waals surface area contributed by atoms with Crippen LogP contribution in [0.2, 0.25) is 10.2 Å². The predicted octanol–water partition coefficient (Wildman–Crippen LogP) is 2.81. The maximum atomic E-state index is 12.2. The number of aliphatic hydroxyl groups excluding tert-OH is 1. The minimum absolute atomic E-state index is 0.218. The second-order valence-corrected chi connectivity index (χ2v) is 5.57. The molecular formula is C13H16Cl2N2O2. The summed E-state index contributed by atoms with van der Waals surface area (Å²) in [5.41, 5.74) is 0.290. The van der Waals surface area contributed by atoms with Crippen molar-refractivity contribution in [2.24, 2.45) is 0 Å². The zero-order valence-electron chi connectivity index (χ0n) is 10.4. The second kappa shape index (κ2) is 6.55. The summed E-state index contributed by atoms with van der Waals surface area (Å²) in [6.45, 7) is 0. The molecule has 104 valence electrons. The molecule has 2 atom stereocenters. The van der Waals surface area contributed by atoms with E-state index in [1.807, 2.05) is 0 Å². The fraction of sp³-hybridized carbons (Fsp3) is 0.538. The quantitative estimate of drug-likeness (QED) is 0.652. The first-order valence-corrected chi connectivity index (χ1v) is 7.13. The molecule has 1 fully saturated rings. The Hall–Kier alpha value is -0.840. The Morgan fingerprint density at radius 1 is 1.32 bits per heavy atom. The Morgan fingerprint density at radius 2 is 2.05 bits per heavy atom. The van der Waals surface area contributed by atoms with Crippen molar-refractivity contribution in [3.05, 3.63) is 28.0 Å². The molecule has 2 rings (SSSR count). The Labute approximate surface area is 122 Å². The summed E-state index contributed by atoms with van der Waals surface area (Å²) in [7, 11) is 0. The Kier molecular flexibility index (Phi) is 5.02. The molecule has 1 aliphatic rings. The summed E-state index contributed by atoms with van der Waals surface area (Å²) in [5.74, 6) is -0.319. The van der Waals surface area contributed by atoms with Crippen molar-refractivity contribution in [1.82, 2.24) is 10.3 Å². The maximum absolute atomic E-state index is 12.2. The molecule has 0 saturated heterocycles. The molecule has 1 aliphatic carbocycles. The third-order valence-electron chi connectivity index (χ3n) is 3.36. The summed E-state index contributed by atoms with van der Waals surface area (Å²) < 4.78 is 0. The molecule has 1 aromatic rings. The van der Waals surface area contributed by atoms with Gasteiger partial charge in [0.1, 0.15) is 5.15 Å². The number of aromatic nitrogens is 1. The molecule has 1 heterocycles. The van der Waals surface area contributed by atoms with Crippen molar-refractivity contribution < 1.29 is 9.90 Å². The van der Waals surface area contributed by atoms with E-state index in [9.17, 15) is 9.90 Å². The lowest BCUT2D eigenvalue weighted by Crippen LogP contribution is -2.42. The zero-order chi connectivity index (χ0) is 13.8. The van der Waals surface area contributed by atoms with E-state index in [2.05, 4.69) is 10.3 Å². The molecule has 2 N–H and O–H groups in total. The van der Waals surface area contributed by atoms with Crippen LogP contribution in [0, 0.1) is 0 Å². The Morgan fingerprint density at radius 3 is 2.84 bits per heavy atom. The van der Waals surface area contributed by atoms with Gasteiger partial charge in [-0.05, 0) is 18.9 Å². The molecule has 2 unspecified atom stereocenters. The summed E-state index contributed by atoms with van der Waals surface area (Å²) in [6, 6.07) is 1.21. The number of carbonyl (C=O) groups excluding carboxylic acids is 1. The molecule has 1 saturated carbocycles. The number of halogens is 2. The number of nitrogens with one attached hydrogen (secondary N) is 1. The average Bonchev–Trinajstić information content (AvgIpc) is 2.58.